The molecule has 3 heterocycles. The van der Waals surface area contributed by atoms with Crippen LogP contribution in [0.25, 0.3) is 11.0 Å². The lowest BCUT2D eigenvalue weighted by Gasteiger charge is -2.25. The average molecular weight is 435 g/mol. The molecule has 0 amide bonds. The van der Waals surface area contributed by atoms with Gasteiger partial charge in [0.1, 0.15) is 37.2 Å². The van der Waals surface area contributed by atoms with Gasteiger partial charge in [-0.3, -0.25) is 0 Å². The normalized spacial score (nSPS) is 25.7. The lowest BCUT2D eigenvalue weighted by molar-refractivity contribution is -0.0974. The van der Waals surface area contributed by atoms with Crippen LogP contribution in [0.15, 0.2) is 41.9 Å². The maximum absolute atomic E-state index is 10.8. The van der Waals surface area contributed by atoms with Crippen molar-refractivity contribution < 1.29 is 24.5 Å². The molecule has 1 fully saturated rings. The second kappa shape index (κ2) is 8.37. The van der Waals surface area contributed by atoms with Gasteiger partial charge in [0.2, 0.25) is 0 Å². The number of nitrogens with zero attached hydrogens (tertiary/aromatic N) is 3. The summed E-state index contributed by atoms with van der Waals surface area (Å²) in [6, 6.07) is 7.25. The van der Waals surface area contributed by atoms with E-state index in [4.69, 9.17) is 25.9 Å². The van der Waals surface area contributed by atoms with Crippen LogP contribution in [-0.2, 0) is 14.3 Å². The molecule has 1 unspecified atom stereocenters. The van der Waals surface area contributed by atoms with Gasteiger partial charge in [-0.15, -0.1) is 0 Å². The second-order valence-corrected chi connectivity index (χ2v) is 7.53. The minimum absolute atomic E-state index is 0.484. The molecule has 1 aromatic carbocycles. The number of aliphatic hydroxyl groups excluding tert-OH is 2. The fraction of sp³-hybridized carbons (Fsp3) is 0.400. The highest BCUT2D eigenvalue weighted by molar-refractivity contribution is 6.31. The van der Waals surface area contributed by atoms with Crippen LogP contribution < -0.4 is 5.49 Å². The predicted molar refractivity (Wildman–Crippen MR) is 109 cm³/mol. The van der Waals surface area contributed by atoms with Crippen molar-refractivity contribution in [2.75, 3.05) is 14.2 Å². The fourth-order valence-corrected chi connectivity index (χ4v) is 3.95. The standard InChI is InChI=1S/C20H23ClN4O5/c1-10-8-11(4-5-13(10)21)16(28-2)17-14(26)15(27)20(30-17)25-7-6-12-18(24-29-3)22-9-23-19(12)25/h4-9,14-17,20,26-27H,1-3H3,(H,22,23,24)/t14-,15+,16?,17-,20+/m0/s1. The third-order valence-corrected chi connectivity index (χ3v) is 5.75. The van der Waals surface area contributed by atoms with Gasteiger partial charge in [-0.2, -0.15) is 0 Å². The third-order valence-electron chi connectivity index (χ3n) is 5.33. The van der Waals surface area contributed by atoms with Gasteiger partial charge in [0.15, 0.2) is 11.7 Å². The van der Waals surface area contributed by atoms with Crippen molar-refractivity contribution in [1.82, 2.24) is 14.5 Å². The molecule has 10 heteroatoms. The number of rotatable bonds is 5. The smallest absolute Gasteiger partial charge is 0.181 e. The minimum atomic E-state index is -1.19. The Labute approximate surface area is 177 Å². The molecule has 0 saturated carbocycles. The molecule has 0 spiro atoms. The molecule has 1 aliphatic heterocycles. The number of aliphatic hydroxyl groups is 2. The Balaban J connectivity index is 1.69. The van der Waals surface area contributed by atoms with Crippen molar-refractivity contribution in [3.05, 3.63) is 58.4 Å². The van der Waals surface area contributed by atoms with E-state index >= 15 is 0 Å². The zero-order chi connectivity index (χ0) is 21.4. The summed E-state index contributed by atoms with van der Waals surface area (Å²) in [6.07, 6.45) is -1.43. The molecule has 9 nitrogen and oxygen atoms in total. The van der Waals surface area contributed by atoms with E-state index in [-0.39, 0.29) is 0 Å². The first-order valence-corrected chi connectivity index (χ1v) is 9.76. The molecular formula is C20H23ClN4O5. The number of ether oxygens (including phenoxy) is 2. The lowest BCUT2D eigenvalue weighted by atomic mass is 9.98. The van der Waals surface area contributed by atoms with Crippen LogP contribution in [0.2, 0.25) is 5.02 Å². The van der Waals surface area contributed by atoms with Crippen molar-refractivity contribution in [2.45, 2.75) is 37.6 Å². The van der Waals surface area contributed by atoms with Gasteiger partial charge in [0.25, 0.3) is 0 Å². The van der Waals surface area contributed by atoms with Crippen LogP contribution in [0.1, 0.15) is 23.5 Å². The summed E-state index contributed by atoms with van der Waals surface area (Å²) in [7, 11) is 2.98. The molecule has 2 aromatic heterocycles. The van der Waals surface area contributed by atoms with Gasteiger partial charge >= 0.3 is 0 Å². The zero-order valence-electron chi connectivity index (χ0n) is 16.7. The first-order chi connectivity index (χ1) is 14.5. The summed E-state index contributed by atoms with van der Waals surface area (Å²) in [4.78, 5) is 12.1. The van der Waals surface area contributed by atoms with Crippen LogP contribution in [0, 0.1) is 6.92 Å². The highest BCUT2D eigenvalue weighted by atomic mass is 35.5. The molecule has 30 heavy (non-hydrogen) atoms. The van der Waals surface area contributed by atoms with Crippen LogP contribution >= 0.6 is 11.6 Å². The number of methoxy groups -OCH3 is 1. The van der Waals surface area contributed by atoms with Gasteiger partial charge in [-0.25, -0.2) is 4.98 Å². The summed E-state index contributed by atoms with van der Waals surface area (Å²) in [5.74, 6) is 0. The van der Waals surface area contributed by atoms with Crippen molar-refractivity contribution in [3.63, 3.8) is 0 Å². The summed E-state index contributed by atoms with van der Waals surface area (Å²) in [6.45, 7) is 1.89. The van der Waals surface area contributed by atoms with E-state index in [9.17, 15) is 10.2 Å². The Morgan fingerprint density at radius 1 is 1.27 bits per heavy atom. The van der Waals surface area contributed by atoms with Crippen LogP contribution in [0.3, 0.4) is 0 Å². The van der Waals surface area contributed by atoms with E-state index in [2.05, 4.69) is 15.1 Å². The van der Waals surface area contributed by atoms with E-state index in [1.165, 1.54) is 20.5 Å². The number of aromatic nitrogens is 3. The van der Waals surface area contributed by atoms with Crippen LogP contribution in [0.5, 0.6) is 0 Å². The number of halogens is 1. The fourth-order valence-electron chi connectivity index (χ4n) is 3.83. The maximum atomic E-state index is 10.8. The maximum Gasteiger partial charge on any atom is 0.181 e. The Kier molecular flexibility index (Phi) is 5.81. The van der Waals surface area contributed by atoms with Gasteiger partial charge in [-0.05, 0) is 30.2 Å². The second-order valence-electron chi connectivity index (χ2n) is 7.12. The first-order valence-electron chi connectivity index (χ1n) is 9.38. The van der Waals surface area contributed by atoms with Crippen LogP contribution in [-0.4, -0.2) is 57.3 Å². The van der Waals surface area contributed by atoms with E-state index in [1.807, 2.05) is 19.1 Å². The molecule has 0 radical (unpaired) electrons. The summed E-state index contributed by atoms with van der Waals surface area (Å²) < 4.78 is 13.4. The number of hydrogen-bond donors (Lipinski definition) is 3. The summed E-state index contributed by atoms with van der Waals surface area (Å²) in [5, 5.41) is 26.8. The Morgan fingerprint density at radius 2 is 2.07 bits per heavy atom. The highest BCUT2D eigenvalue weighted by Crippen LogP contribution is 2.39. The number of benzene rings is 1. The first kappa shape index (κ1) is 20.8. The molecule has 4 rings (SSSR count). The lowest BCUT2D eigenvalue weighted by Crippen LogP contribution is -2.35. The number of nitrogens with one attached hydrogen (secondary N) is 1. The molecule has 0 bridgehead atoms. The van der Waals surface area contributed by atoms with Crippen molar-refractivity contribution >= 4 is 22.6 Å². The quantitative estimate of drug-likeness (QED) is 0.527. The molecule has 0 aliphatic carbocycles. The number of fused-ring (bicyclic) bond motifs is 1. The van der Waals surface area contributed by atoms with Crippen molar-refractivity contribution in [2.24, 2.45) is 5.16 Å². The van der Waals surface area contributed by atoms with E-state index in [1.54, 1.807) is 22.9 Å². The van der Waals surface area contributed by atoms with E-state index in [0.717, 1.165) is 11.1 Å². The van der Waals surface area contributed by atoms with E-state index in [0.29, 0.717) is 21.5 Å². The average Bonchev–Trinajstić information content (AvgIpc) is 3.28. The molecule has 1 aliphatic rings. The Hall–Kier alpha value is -2.43. The van der Waals surface area contributed by atoms with Gasteiger partial charge in [0, 0.05) is 18.3 Å². The Morgan fingerprint density at radius 3 is 2.77 bits per heavy atom. The van der Waals surface area contributed by atoms with Gasteiger partial charge in [-0.1, -0.05) is 28.9 Å². The number of aromatic amines is 1. The number of aryl methyl sites for hydroxylation is 1. The van der Waals surface area contributed by atoms with Gasteiger partial charge in [0.05, 0.1) is 11.7 Å². The van der Waals surface area contributed by atoms with Crippen molar-refractivity contribution in [1.29, 1.82) is 0 Å². The van der Waals surface area contributed by atoms with Crippen LogP contribution in [0.4, 0.5) is 0 Å². The summed E-state index contributed by atoms with van der Waals surface area (Å²) in [5.41, 5.74) is 2.68. The molecule has 5 atom stereocenters. The summed E-state index contributed by atoms with van der Waals surface area (Å²) >= 11 is 6.13. The third kappa shape index (κ3) is 3.48. The molecule has 160 valence electrons. The Bertz CT molecular complexity index is 1110. The minimum Gasteiger partial charge on any atom is -0.397 e. The number of H-pyrrole nitrogens is 1. The molecular weight excluding hydrogens is 412 g/mol. The van der Waals surface area contributed by atoms with Crippen molar-refractivity contribution in [3.8, 4) is 0 Å². The largest absolute Gasteiger partial charge is 0.397 e. The molecule has 3 N–H and O–H groups in total. The van der Waals surface area contributed by atoms with Gasteiger partial charge < -0.3 is 34.1 Å². The highest BCUT2D eigenvalue weighted by Gasteiger charge is 2.48. The predicted octanol–water partition coefficient (Wildman–Crippen LogP) is 1.80. The molecule has 1 saturated heterocycles. The SMILES string of the molecule is CON=c1[nH]cnc2c1ccn2[C@@H]1O[C@H](C(OC)c2ccc(Cl)c(C)c2)[C@@H](O)[C@H]1O. The topological polar surface area (TPSA) is 114 Å². The number of hydrogen-bond acceptors (Lipinski definition) is 7. The monoisotopic (exact) mass is 434 g/mol. The van der Waals surface area contributed by atoms with E-state index < -0.39 is 30.6 Å². The molecule has 3 aromatic rings. The zero-order valence-corrected chi connectivity index (χ0v) is 17.4.